The van der Waals surface area contributed by atoms with Crippen LogP contribution < -0.4 is 0 Å². The number of aliphatic hydroxyl groups is 1. The highest BCUT2D eigenvalue weighted by Gasteiger charge is 1.94. The number of aliphatic hydroxyl groups excluding tert-OH is 1. The lowest BCUT2D eigenvalue weighted by Gasteiger charge is -2.00. The summed E-state index contributed by atoms with van der Waals surface area (Å²) in [6.07, 6.45) is 6.72. The number of benzene rings is 1. The van der Waals surface area contributed by atoms with Crippen molar-refractivity contribution < 1.29 is 5.11 Å². The summed E-state index contributed by atoms with van der Waals surface area (Å²) < 4.78 is 1.69. The minimum atomic E-state index is 0.0603. The summed E-state index contributed by atoms with van der Waals surface area (Å²) in [5.41, 5.74) is 2.02. The molecule has 1 aromatic carbocycles. The Balaban J connectivity index is 2.21. The molecular formula is C11H11N3O. The standard InChI is InChI=1S/C11H11N3O/c15-7-1-2-10-3-5-11(6-4-10)14-9-12-8-13-14/h1-6,8-9,15H,7H2. The van der Waals surface area contributed by atoms with Crippen molar-refractivity contribution in [3.63, 3.8) is 0 Å². The lowest BCUT2D eigenvalue weighted by molar-refractivity contribution is 0.343. The van der Waals surface area contributed by atoms with E-state index in [0.29, 0.717) is 0 Å². The third-order valence-corrected chi connectivity index (χ3v) is 1.99. The molecule has 1 N–H and O–H groups in total. The van der Waals surface area contributed by atoms with Crippen molar-refractivity contribution in [3.05, 3.63) is 48.6 Å². The third-order valence-electron chi connectivity index (χ3n) is 1.99. The SMILES string of the molecule is OCC=Cc1ccc(-n2cncn2)cc1. The van der Waals surface area contributed by atoms with E-state index < -0.39 is 0 Å². The predicted molar refractivity (Wildman–Crippen MR) is 57.5 cm³/mol. The van der Waals surface area contributed by atoms with Gasteiger partial charge < -0.3 is 5.11 Å². The van der Waals surface area contributed by atoms with Gasteiger partial charge in [0, 0.05) is 0 Å². The molecule has 4 nitrogen and oxygen atoms in total. The van der Waals surface area contributed by atoms with Gasteiger partial charge in [-0.05, 0) is 17.7 Å². The van der Waals surface area contributed by atoms with E-state index in [4.69, 9.17) is 5.11 Å². The Morgan fingerprint density at radius 2 is 2.07 bits per heavy atom. The molecule has 1 aromatic heterocycles. The number of rotatable bonds is 3. The van der Waals surface area contributed by atoms with Gasteiger partial charge in [0.1, 0.15) is 12.7 Å². The van der Waals surface area contributed by atoms with Gasteiger partial charge in [0.05, 0.1) is 12.3 Å². The molecule has 0 fully saturated rings. The van der Waals surface area contributed by atoms with Gasteiger partial charge in [-0.2, -0.15) is 5.10 Å². The average Bonchev–Trinajstić information content (AvgIpc) is 2.80. The fraction of sp³-hybridized carbons (Fsp3) is 0.0909. The van der Waals surface area contributed by atoms with Crippen LogP contribution in [0.4, 0.5) is 0 Å². The van der Waals surface area contributed by atoms with E-state index in [9.17, 15) is 0 Å². The third kappa shape index (κ3) is 2.30. The van der Waals surface area contributed by atoms with Gasteiger partial charge in [0.25, 0.3) is 0 Å². The van der Waals surface area contributed by atoms with Crippen molar-refractivity contribution >= 4 is 6.08 Å². The first-order valence-electron chi connectivity index (χ1n) is 4.62. The molecule has 2 aromatic rings. The lowest BCUT2D eigenvalue weighted by Crippen LogP contribution is -1.93. The van der Waals surface area contributed by atoms with Crippen molar-refractivity contribution in [2.75, 3.05) is 6.61 Å². The maximum Gasteiger partial charge on any atom is 0.138 e. The number of nitrogens with zero attached hydrogens (tertiary/aromatic N) is 3. The number of hydrogen-bond donors (Lipinski definition) is 1. The summed E-state index contributed by atoms with van der Waals surface area (Å²) >= 11 is 0. The van der Waals surface area contributed by atoms with Crippen LogP contribution >= 0.6 is 0 Å². The van der Waals surface area contributed by atoms with E-state index >= 15 is 0 Å². The van der Waals surface area contributed by atoms with Crippen LogP contribution in [-0.2, 0) is 0 Å². The molecule has 0 saturated heterocycles. The van der Waals surface area contributed by atoms with Gasteiger partial charge in [-0.25, -0.2) is 9.67 Å². The maximum atomic E-state index is 8.62. The maximum absolute atomic E-state index is 8.62. The first-order chi connectivity index (χ1) is 7.40. The quantitative estimate of drug-likeness (QED) is 0.813. The number of hydrogen-bond acceptors (Lipinski definition) is 3. The van der Waals surface area contributed by atoms with E-state index in [2.05, 4.69) is 10.1 Å². The summed E-state index contributed by atoms with van der Waals surface area (Å²) in [7, 11) is 0. The van der Waals surface area contributed by atoms with Crippen molar-refractivity contribution in [1.82, 2.24) is 14.8 Å². The van der Waals surface area contributed by atoms with Crippen molar-refractivity contribution in [1.29, 1.82) is 0 Å². The minimum Gasteiger partial charge on any atom is -0.392 e. The highest BCUT2D eigenvalue weighted by Crippen LogP contribution is 2.08. The molecule has 2 rings (SSSR count). The second-order valence-electron chi connectivity index (χ2n) is 3.02. The minimum absolute atomic E-state index is 0.0603. The molecule has 1 heterocycles. The van der Waals surface area contributed by atoms with Gasteiger partial charge in [-0.15, -0.1) is 0 Å². The van der Waals surface area contributed by atoms with Crippen LogP contribution in [-0.4, -0.2) is 26.5 Å². The van der Waals surface area contributed by atoms with Crippen molar-refractivity contribution in [2.24, 2.45) is 0 Å². The average molecular weight is 201 g/mol. The summed E-state index contributed by atoms with van der Waals surface area (Å²) in [5, 5.41) is 12.6. The zero-order chi connectivity index (χ0) is 10.5. The molecule has 0 radical (unpaired) electrons. The largest absolute Gasteiger partial charge is 0.392 e. The molecule has 0 aliphatic rings. The van der Waals surface area contributed by atoms with E-state index in [-0.39, 0.29) is 6.61 Å². The Kier molecular flexibility index (Phi) is 2.90. The zero-order valence-electron chi connectivity index (χ0n) is 8.11. The van der Waals surface area contributed by atoms with Crippen LogP contribution in [0.3, 0.4) is 0 Å². The Morgan fingerprint density at radius 1 is 1.27 bits per heavy atom. The fourth-order valence-electron chi connectivity index (χ4n) is 1.27. The Labute approximate surface area is 87.5 Å². The molecule has 76 valence electrons. The summed E-state index contributed by atoms with van der Waals surface area (Å²) in [5.74, 6) is 0. The molecule has 0 aliphatic carbocycles. The molecule has 0 aliphatic heterocycles. The van der Waals surface area contributed by atoms with Crippen molar-refractivity contribution in [3.8, 4) is 5.69 Å². The second kappa shape index (κ2) is 4.52. The predicted octanol–water partition coefficient (Wildman–Crippen LogP) is 1.27. The number of aromatic nitrogens is 3. The molecule has 4 heteroatoms. The Hall–Kier alpha value is -1.94. The summed E-state index contributed by atoms with van der Waals surface area (Å²) in [6.45, 7) is 0.0603. The van der Waals surface area contributed by atoms with Gasteiger partial charge in [-0.3, -0.25) is 0 Å². The molecule has 0 bridgehead atoms. The van der Waals surface area contributed by atoms with Crippen LogP contribution in [0.2, 0.25) is 0 Å². The summed E-state index contributed by atoms with van der Waals surface area (Å²) in [4.78, 5) is 3.88. The molecule has 0 saturated carbocycles. The summed E-state index contributed by atoms with van der Waals surface area (Å²) in [6, 6.07) is 7.82. The van der Waals surface area contributed by atoms with Crippen LogP contribution in [0.25, 0.3) is 11.8 Å². The van der Waals surface area contributed by atoms with Crippen LogP contribution in [0.1, 0.15) is 5.56 Å². The monoisotopic (exact) mass is 201 g/mol. The Morgan fingerprint density at radius 3 is 2.67 bits per heavy atom. The van der Waals surface area contributed by atoms with Gasteiger partial charge >= 0.3 is 0 Å². The zero-order valence-corrected chi connectivity index (χ0v) is 8.11. The van der Waals surface area contributed by atoms with Crippen LogP contribution in [0.5, 0.6) is 0 Å². The molecule has 0 unspecified atom stereocenters. The van der Waals surface area contributed by atoms with E-state index in [1.54, 1.807) is 17.1 Å². The smallest absolute Gasteiger partial charge is 0.138 e. The second-order valence-corrected chi connectivity index (χ2v) is 3.02. The first kappa shape index (κ1) is 9.61. The van der Waals surface area contributed by atoms with Crippen LogP contribution in [0.15, 0.2) is 43.0 Å². The van der Waals surface area contributed by atoms with E-state index in [0.717, 1.165) is 11.3 Å². The molecular weight excluding hydrogens is 190 g/mol. The topological polar surface area (TPSA) is 50.9 Å². The first-order valence-corrected chi connectivity index (χ1v) is 4.62. The van der Waals surface area contributed by atoms with Gasteiger partial charge in [0.2, 0.25) is 0 Å². The van der Waals surface area contributed by atoms with Crippen molar-refractivity contribution in [2.45, 2.75) is 0 Å². The lowest BCUT2D eigenvalue weighted by atomic mass is 10.2. The molecule has 0 amide bonds. The highest BCUT2D eigenvalue weighted by molar-refractivity contribution is 5.51. The van der Waals surface area contributed by atoms with Gasteiger partial charge in [0.15, 0.2) is 0 Å². The normalized spacial score (nSPS) is 11.0. The van der Waals surface area contributed by atoms with Gasteiger partial charge in [-0.1, -0.05) is 24.3 Å². The van der Waals surface area contributed by atoms with Crippen LogP contribution in [0, 0.1) is 0 Å². The molecule has 0 spiro atoms. The fourth-order valence-corrected chi connectivity index (χ4v) is 1.27. The Bertz CT molecular complexity index is 431. The van der Waals surface area contributed by atoms with E-state index in [1.807, 2.05) is 30.3 Å². The molecule has 15 heavy (non-hydrogen) atoms. The van der Waals surface area contributed by atoms with E-state index in [1.165, 1.54) is 6.33 Å². The highest BCUT2D eigenvalue weighted by atomic mass is 16.2. The molecule has 0 atom stereocenters.